The number of rotatable bonds is 3. The van der Waals surface area contributed by atoms with Crippen LogP contribution >= 0.6 is 0 Å². The monoisotopic (exact) mass is 208 g/mol. The lowest BCUT2D eigenvalue weighted by molar-refractivity contribution is -0.152. The molecule has 0 radical (unpaired) electrons. The number of carboxylic acid groups (broad SMARTS) is 1. The van der Waals surface area contributed by atoms with E-state index in [-0.39, 0.29) is 0 Å². The lowest BCUT2D eigenvalue weighted by Gasteiger charge is -2.01. The molecule has 0 saturated heterocycles. The van der Waals surface area contributed by atoms with Gasteiger partial charge in [-0.2, -0.15) is 0 Å². The Morgan fingerprint density at radius 2 is 1.57 bits per heavy atom. The molecule has 3 N–H and O–H groups in total. The predicted molar refractivity (Wildman–Crippen MR) is 47.6 cm³/mol. The van der Waals surface area contributed by atoms with Crippen molar-refractivity contribution in [3.05, 3.63) is 0 Å². The van der Waals surface area contributed by atoms with Gasteiger partial charge in [0, 0.05) is 0 Å². The van der Waals surface area contributed by atoms with E-state index in [1.54, 1.807) is 6.92 Å². The van der Waals surface area contributed by atoms with Crippen molar-refractivity contribution in [3.8, 4) is 0 Å². The number of ether oxygens (including phenoxy) is 1. The molecule has 0 fully saturated rings. The highest BCUT2D eigenvalue weighted by atomic mass is 16.5. The second-order valence-corrected chi connectivity index (χ2v) is 2.44. The van der Waals surface area contributed by atoms with Gasteiger partial charge >= 0.3 is 11.9 Å². The number of esters is 1. The third-order valence-corrected chi connectivity index (χ3v) is 0.985. The molecule has 0 saturated carbocycles. The average Bonchev–Trinajstić information content (AvgIpc) is 2.05. The first kappa shape index (κ1) is 15.3. The minimum Gasteiger partial charge on any atom is -0.479 e. The Labute approximate surface area is 82.1 Å². The number of hydrogen-bond donors (Lipinski definition) is 3. The smallest absolute Gasteiger partial charge is 0.334 e. The van der Waals surface area contributed by atoms with Crippen molar-refractivity contribution in [2.75, 3.05) is 6.61 Å². The molecule has 14 heavy (non-hydrogen) atoms. The molecule has 2 atom stereocenters. The zero-order valence-corrected chi connectivity index (χ0v) is 8.43. The molecule has 6 nitrogen and oxygen atoms in total. The van der Waals surface area contributed by atoms with Gasteiger partial charge in [-0.15, -0.1) is 0 Å². The topological polar surface area (TPSA) is 104 Å². The molecule has 2 unspecified atom stereocenters. The Morgan fingerprint density at radius 1 is 1.21 bits per heavy atom. The lowest BCUT2D eigenvalue weighted by Crippen LogP contribution is -2.18. The van der Waals surface area contributed by atoms with Gasteiger partial charge in [0.25, 0.3) is 0 Å². The zero-order valence-electron chi connectivity index (χ0n) is 8.43. The fourth-order valence-electron chi connectivity index (χ4n) is 0.263. The van der Waals surface area contributed by atoms with Crippen LogP contribution in [0.1, 0.15) is 20.8 Å². The maximum Gasteiger partial charge on any atom is 0.334 e. The number of aliphatic carboxylic acids is 1. The van der Waals surface area contributed by atoms with E-state index in [1.165, 1.54) is 13.8 Å². The first-order valence-electron chi connectivity index (χ1n) is 4.08. The van der Waals surface area contributed by atoms with Gasteiger partial charge < -0.3 is 20.1 Å². The van der Waals surface area contributed by atoms with E-state index >= 15 is 0 Å². The Balaban J connectivity index is 0. The Hall–Kier alpha value is -1.14. The summed E-state index contributed by atoms with van der Waals surface area (Å²) in [5.74, 6) is -1.75. The van der Waals surface area contributed by atoms with Crippen LogP contribution in [-0.4, -0.2) is 46.1 Å². The van der Waals surface area contributed by atoms with Crippen molar-refractivity contribution in [1.29, 1.82) is 0 Å². The minimum absolute atomic E-state index is 0.323. The minimum atomic E-state index is -1.23. The summed E-state index contributed by atoms with van der Waals surface area (Å²) in [4.78, 5) is 19.7. The largest absolute Gasteiger partial charge is 0.479 e. The highest BCUT2D eigenvalue weighted by molar-refractivity contribution is 5.73. The third kappa shape index (κ3) is 10.9. The van der Waals surface area contributed by atoms with E-state index in [0.717, 1.165) is 0 Å². The average molecular weight is 208 g/mol. The quantitative estimate of drug-likeness (QED) is 0.534. The highest BCUT2D eigenvalue weighted by Crippen LogP contribution is 1.84. The van der Waals surface area contributed by atoms with E-state index in [1.807, 2.05) is 0 Å². The number of carbonyl (C=O) groups is 2. The maximum absolute atomic E-state index is 10.3. The third-order valence-electron chi connectivity index (χ3n) is 0.985. The van der Waals surface area contributed by atoms with Crippen molar-refractivity contribution in [1.82, 2.24) is 0 Å². The van der Waals surface area contributed by atoms with Crippen LogP contribution in [0.3, 0.4) is 0 Å². The van der Waals surface area contributed by atoms with E-state index in [9.17, 15) is 9.59 Å². The molecule has 0 aliphatic heterocycles. The van der Waals surface area contributed by atoms with Crippen LogP contribution in [0.25, 0.3) is 0 Å². The molecule has 0 aromatic rings. The molecule has 0 bridgehead atoms. The summed E-state index contributed by atoms with van der Waals surface area (Å²) in [5.41, 5.74) is 0. The summed E-state index contributed by atoms with van der Waals surface area (Å²) in [6.45, 7) is 4.59. The van der Waals surface area contributed by atoms with Crippen molar-refractivity contribution >= 4 is 11.9 Å². The molecule has 84 valence electrons. The van der Waals surface area contributed by atoms with Crippen LogP contribution in [0.2, 0.25) is 0 Å². The molecule has 0 rings (SSSR count). The van der Waals surface area contributed by atoms with Gasteiger partial charge in [0.05, 0.1) is 6.61 Å². The summed E-state index contributed by atoms with van der Waals surface area (Å²) < 4.78 is 4.41. The Morgan fingerprint density at radius 3 is 1.64 bits per heavy atom. The van der Waals surface area contributed by atoms with Crippen molar-refractivity contribution in [2.24, 2.45) is 0 Å². The highest BCUT2D eigenvalue weighted by Gasteiger charge is 2.07. The van der Waals surface area contributed by atoms with Crippen LogP contribution in [0.4, 0.5) is 0 Å². The van der Waals surface area contributed by atoms with Gasteiger partial charge in [-0.05, 0) is 20.8 Å². The van der Waals surface area contributed by atoms with Crippen molar-refractivity contribution in [2.45, 2.75) is 33.0 Å². The molecule has 6 heteroatoms. The number of aliphatic hydroxyl groups is 2. The fourth-order valence-corrected chi connectivity index (χ4v) is 0.263. The lowest BCUT2D eigenvalue weighted by atomic mass is 10.4. The molecular weight excluding hydrogens is 192 g/mol. The maximum atomic E-state index is 10.3. The SMILES string of the molecule is CC(O)C(=O)O.CCOC(=O)C(C)O. The summed E-state index contributed by atoms with van der Waals surface area (Å²) in [6.07, 6.45) is -2.22. The zero-order chi connectivity index (χ0) is 11.7. The Bertz CT molecular complexity index is 175. The standard InChI is InChI=1S/C5H10O3.C3H6O3/c1-3-8-5(7)4(2)6;1-2(4)3(5)6/h4,6H,3H2,1-2H3;2,4H,1H3,(H,5,6). The van der Waals surface area contributed by atoms with Gasteiger partial charge in [-0.1, -0.05) is 0 Å². The van der Waals surface area contributed by atoms with Crippen LogP contribution < -0.4 is 0 Å². The summed E-state index contributed by atoms with van der Waals surface area (Å²) in [7, 11) is 0. The van der Waals surface area contributed by atoms with Gasteiger partial charge in [0.2, 0.25) is 0 Å². The van der Waals surface area contributed by atoms with Crippen LogP contribution in [0, 0.1) is 0 Å². The van der Waals surface area contributed by atoms with E-state index in [2.05, 4.69) is 4.74 Å². The van der Waals surface area contributed by atoms with Crippen molar-refractivity contribution < 1.29 is 29.6 Å². The van der Waals surface area contributed by atoms with E-state index in [0.29, 0.717) is 6.61 Å². The van der Waals surface area contributed by atoms with Crippen LogP contribution in [0.5, 0.6) is 0 Å². The number of hydrogen-bond acceptors (Lipinski definition) is 5. The molecule has 0 aromatic carbocycles. The summed E-state index contributed by atoms with van der Waals surface area (Å²) in [5, 5.41) is 24.2. The molecule has 0 aliphatic carbocycles. The van der Waals surface area contributed by atoms with E-state index in [4.69, 9.17) is 15.3 Å². The van der Waals surface area contributed by atoms with Crippen LogP contribution in [0.15, 0.2) is 0 Å². The predicted octanol–water partition coefficient (Wildman–Crippen LogP) is -0.618. The molecule has 0 heterocycles. The van der Waals surface area contributed by atoms with Crippen LogP contribution in [-0.2, 0) is 14.3 Å². The molecule has 0 spiro atoms. The van der Waals surface area contributed by atoms with Gasteiger partial charge in [0.1, 0.15) is 12.2 Å². The second kappa shape index (κ2) is 8.46. The molecule has 0 aromatic heterocycles. The van der Waals surface area contributed by atoms with Crippen molar-refractivity contribution in [3.63, 3.8) is 0 Å². The number of carboxylic acids is 1. The number of carbonyl (C=O) groups excluding carboxylic acids is 1. The molecular formula is C8H16O6. The van der Waals surface area contributed by atoms with Gasteiger partial charge in [0.15, 0.2) is 0 Å². The van der Waals surface area contributed by atoms with Gasteiger partial charge in [-0.3, -0.25) is 0 Å². The first-order valence-corrected chi connectivity index (χ1v) is 4.08. The van der Waals surface area contributed by atoms with Gasteiger partial charge in [-0.25, -0.2) is 9.59 Å². The molecule has 0 amide bonds. The number of aliphatic hydroxyl groups excluding tert-OH is 2. The normalized spacial score (nSPS) is 13.2. The molecule has 0 aliphatic rings. The first-order chi connectivity index (χ1) is 6.32. The van der Waals surface area contributed by atoms with E-state index < -0.39 is 24.1 Å². The second-order valence-electron chi connectivity index (χ2n) is 2.44. The summed E-state index contributed by atoms with van der Waals surface area (Å²) >= 11 is 0. The summed E-state index contributed by atoms with van der Waals surface area (Å²) in [6, 6.07) is 0. The fraction of sp³-hybridized carbons (Fsp3) is 0.750. The Kier molecular flexibility index (Phi) is 9.27.